The van der Waals surface area contributed by atoms with E-state index in [9.17, 15) is 13.2 Å². The Morgan fingerprint density at radius 3 is 2.35 bits per heavy atom. The van der Waals surface area contributed by atoms with E-state index < -0.39 is 11.6 Å². The summed E-state index contributed by atoms with van der Waals surface area (Å²) in [4.78, 5) is 8.85. The van der Waals surface area contributed by atoms with Crippen LogP contribution in [0.1, 0.15) is 44.8 Å². The van der Waals surface area contributed by atoms with Crippen LogP contribution in [-0.2, 0) is 19.3 Å². The Morgan fingerprint density at radius 1 is 1.19 bits per heavy atom. The van der Waals surface area contributed by atoms with Gasteiger partial charge in [-0.3, -0.25) is 4.57 Å². The number of aromatic nitrogens is 3. The molecular formula is C18H23ClF3N3O. The summed E-state index contributed by atoms with van der Waals surface area (Å²) >= 11 is 6.43. The molecule has 0 aliphatic carbocycles. The highest BCUT2D eigenvalue weighted by atomic mass is 35.5. The number of alkyl halides is 3. The molecule has 0 saturated heterocycles. The Morgan fingerprint density at radius 2 is 1.85 bits per heavy atom. The van der Waals surface area contributed by atoms with E-state index >= 15 is 0 Å². The monoisotopic (exact) mass is 389 g/mol. The van der Waals surface area contributed by atoms with E-state index in [1.165, 1.54) is 27.2 Å². The van der Waals surface area contributed by atoms with Crippen molar-refractivity contribution in [1.29, 1.82) is 0 Å². The van der Waals surface area contributed by atoms with Gasteiger partial charge >= 0.3 is 6.18 Å². The highest BCUT2D eigenvalue weighted by Gasteiger charge is 2.47. The second kappa shape index (κ2) is 7.47. The number of ether oxygens (including phenoxy) is 1. The van der Waals surface area contributed by atoms with E-state index in [4.69, 9.17) is 16.3 Å². The van der Waals surface area contributed by atoms with Crippen LogP contribution in [0.2, 0.25) is 5.15 Å². The summed E-state index contributed by atoms with van der Waals surface area (Å²) in [5.41, 5.74) is -0.676. The Bertz CT molecular complexity index is 785. The summed E-state index contributed by atoms with van der Waals surface area (Å²) in [7, 11) is 1.45. The first-order chi connectivity index (χ1) is 12.1. The summed E-state index contributed by atoms with van der Waals surface area (Å²) in [5.74, 6) is 1.51. The van der Waals surface area contributed by atoms with Crippen LogP contribution in [0.3, 0.4) is 0 Å². The van der Waals surface area contributed by atoms with Crippen molar-refractivity contribution in [3.05, 3.63) is 34.5 Å². The van der Waals surface area contributed by atoms with Crippen molar-refractivity contribution in [2.75, 3.05) is 7.11 Å². The van der Waals surface area contributed by atoms with Crippen LogP contribution in [0.15, 0.2) is 12.3 Å². The molecule has 0 radical (unpaired) electrons. The second-order valence-electron chi connectivity index (χ2n) is 6.74. The van der Waals surface area contributed by atoms with Crippen LogP contribution >= 0.6 is 11.6 Å². The number of methoxy groups -OCH3 is 1. The van der Waals surface area contributed by atoms with Gasteiger partial charge in [0.05, 0.1) is 18.2 Å². The minimum Gasteiger partial charge on any atom is -0.493 e. The van der Waals surface area contributed by atoms with E-state index in [1.807, 2.05) is 13.8 Å². The number of aryl methyl sites for hydroxylation is 2. The standard InChI is InChI=1S/C18H23ClF3N3O/c1-6-12-15(19)25(14(7-2)24-12)16-13(26-5)8-11(10-23-16)9-17(3,4)18(20,21)22/h8,10H,6-7,9H2,1-5H3. The third-order valence-corrected chi connectivity index (χ3v) is 4.73. The number of imidazole rings is 1. The molecule has 4 nitrogen and oxygen atoms in total. The third kappa shape index (κ3) is 3.82. The van der Waals surface area contributed by atoms with Crippen LogP contribution in [0.25, 0.3) is 5.82 Å². The number of halogens is 4. The van der Waals surface area contributed by atoms with Crippen molar-refractivity contribution >= 4 is 11.6 Å². The molecule has 2 aromatic rings. The van der Waals surface area contributed by atoms with E-state index in [0.717, 1.165) is 11.5 Å². The summed E-state index contributed by atoms with van der Waals surface area (Å²) in [6, 6.07) is 1.58. The maximum Gasteiger partial charge on any atom is 0.394 e. The molecule has 0 bridgehead atoms. The SMILES string of the molecule is CCc1nc(CC)n(-c2ncc(CC(C)(C)C(F)(F)F)cc2OC)c1Cl. The van der Waals surface area contributed by atoms with Crippen LogP contribution in [0, 0.1) is 5.41 Å². The molecule has 0 unspecified atom stereocenters. The fourth-order valence-electron chi connectivity index (χ4n) is 2.67. The normalized spacial score (nSPS) is 12.5. The molecule has 0 saturated carbocycles. The molecule has 2 aromatic heterocycles. The predicted octanol–water partition coefficient (Wildman–Crippen LogP) is 5.19. The van der Waals surface area contributed by atoms with Crippen LogP contribution in [0.5, 0.6) is 5.75 Å². The first-order valence-corrected chi connectivity index (χ1v) is 8.79. The number of hydrogen-bond acceptors (Lipinski definition) is 3. The molecular weight excluding hydrogens is 367 g/mol. The lowest BCUT2D eigenvalue weighted by Crippen LogP contribution is -2.34. The van der Waals surface area contributed by atoms with Gasteiger partial charge in [0.2, 0.25) is 0 Å². The topological polar surface area (TPSA) is 39.9 Å². The van der Waals surface area contributed by atoms with Gasteiger partial charge in [0.25, 0.3) is 0 Å². The zero-order valence-corrected chi connectivity index (χ0v) is 16.3. The highest BCUT2D eigenvalue weighted by Crippen LogP contribution is 2.41. The van der Waals surface area contributed by atoms with Gasteiger partial charge in [0, 0.05) is 12.6 Å². The molecule has 8 heteroatoms. The van der Waals surface area contributed by atoms with Crippen molar-refractivity contribution in [3.63, 3.8) is 0 Å². The van der Waals surface area contributed by atoms with Crippen molar-refractivity contribution in [2.45, 2.75) is 53.1 Å². The molecule has 26 heavy (non-hydrogen) atoms. The number of nitrogens with zero attached hydrogens (tertiary/aromatic N) is 3. The van der Waals surface area contributed by atoms with E-state index in [1.54, 1.807) is 10.6 Å². The fourth-order valence-corrected chi connectivity index (χ4v) is 3.03. The van der Waals surface area contributed by atoms with E-state index in [-0.39, 0.29) is 6.42 Å². The summed E-state index contributed by atoms with van der Waals surface area (Å²) in [6.45, 7) is 6.23. The van der Waals surface area contributed by atoms with Gasteiger partial charge < -0.3 is 4.74 Å². The smallest absolute Gasteiger partial charge is 0.394 e. The largest absolute Gasteiger partial charge is 0.493 e. The van der Waals surface area contributed by atoms with Crippen LogP contribution < -0.4 is 4.74 Å². The fraction of sp³-hybridized carbons (Fsp3) is 0.556. The lowest BCUT2D eigenvalue weighted by atomic mass is 9.85. The van der Waals surface area contributed by atoms with Gasteiger partial charge in [0.15, 0.2) is 11.6 Å². The van der Waals surface area contributed by atoms with E-state index in [0.29, 0.717) is 35.1 Å². The maximum atomic E-state index is 13.2. The van der Waals surface area contributed by atoms with E-state index in [2.05, 4.69) is 9.97 Å². The average molecular weight is 390 g/mol. The first-order valence-electron chi connectivity index (χ1n) is 8.41. The zero-order valence-electron chi connectivity index (χ0n) is 15.5. The number of rotatable bonds is 6. The molecule has 0 amide bonds. The highest BCUT2D eigenvalue weighted by molar-refractivity contribution is 6.30. The van der Waals surface area contributed by atoms with Gasteiger partial charge in [-0.2, -0.15) is 13.2 Å². The summed E-state index contributed by atoms with van der Waals surface area (Å²) in [6.07, 6.45) is -1.77. The first kappa shape index (κ1) is 20.6. The number of pyridine rings is 1. The minimum absolute atomic E-state index is 0.196. The lowest BCUT2D eigenvalue weighted by molar-refractivity contribution is -0.211. The molecule has 0 atom stereocenters. The van der Waals surface area contributed by atoms with Crippen molar-refractivity contribution < 1.29 is 17.9 Å². The molecule has 0 aliphatic heterocycles. The molecule has 144 valence electrons. The Hall–Kier alpha value is -1.76. The molecule has 2 heterocycles. The van der Waals surface area contributed by atoms with Crippen molar-refractivity contribution in [1.82, 2.24) is 14.5 Å². The minimum atomic E-state index is -4.31. The Kier molecular flexibility index (Phi) is 5.90. The molecule has 0 aromatic carbocycles. The van der Waals surface area contributed by atoms with Crippen molar-refractivity contribution in [2.24, 2.45) is 5.41 Å². The average Bonchev–Trinajstić information content (AvgIpc) is 2.89. The van der Waals surface area contributed by atoms with Crippen LogP contribution in [0.4, 0.5) is 13.2 Å². The molecule has 0 fully saturated rings. The van der Waals surface area contributed by atoms with Gasteiger partial charge in [-0.25, -0.2) is 9.97 Å². The quantitative estimate of drug-likeness (QED) is 0.683. The number of hydrogen-bond donors (Lipinski definition) is 0. The molecule has 0 spiro atoms. The van der Waals surface area contributed by atoms with Gasteiger partial charge in [-0.05, 0) is 24.5 Å². The summed E-state index contributed by atoms with van der Waals surface area (Å²) < 4.78 is 46.6. The predicted molar refractivity (Wildman–Crippen MR) is 95.2 cm³/mol. The third-order valence-electron chi connectivity index (χ3n) is 4.34. The van der Waals surface area contributed by atoms with Gasteiger partial charge in [-0.1, -0.05) is 39.3 Å². The van der Waals surface area contributed by atoms with Gasteiger partial charge in [-0.15, -0.1) is 0 Å². The Balaban J connectivity index is 2.50. The molecule has 0 aliphatic rings. The maximum absolute atomic E-state index is 13.2. The lowest BCUT2D eigenvalue weighted by Gasteiger charge is -2.27. The Labute approximate surface area is 156 Å². The molecule has 0 N–H and O–H groups in total. The van der Waals surface area contributed by atoms with Gasteiger partial charge in [0.1, 0.15) is 11.0 Å². The zero-order chi connectivity index (χ0) is 19.7. The van der Waals surface area contributed by atoms with Crippen LogP contribution in [-0.4, -0.2) is 27.8 Å². The van der Waals surface area contributed by atoms with Crippen molar-refractivity contribution in [3.8, 4) is 11.6 Å². The molecule has 2 rings (SSSR count). The second-order valence-corrected chi connectivity index (χ2v) is 7.09. The summed E-state index contributed by atoms with van der Waals surface area (Å²) in [5, 5.41) is 0.443.